The number of aromatic nitrogens is 3. The number of anilines is 2. The molecule has 0 atom stereocenters. The number of carbonyl (C=O) groups is 1. The summed E-state index contributed by atoms with van der Waals surface area (Å²) in [6, 6.07) is 0. The molecule has 0 spiro atoms. The van der Waals surface area contributed by atoms with E-state index in [0.717, 1.165) is 25.9 Å². The summed E-state index contributed by atoms with van der Waals surface area (Å²) in [5.41, 5.74) is 5.79. The number of hydrogen-bond donors (Lipinski definition) is 1. The van der Waals surface area contributed by atoms with Gasteiger partial charge in [0.05, 0.1) is 6.61 Å². The summed E-state index contributed by atoms with van der Waals surface area (Å²) < 4.78 is 6.28. The number of nitrogens with zero attached hydrogens (tertiary/aromatic N) is 4. The predicted octanol–water partition coefficient (Wildman–Crippen LogP) is 0.804. The summed E-state index contributed by atoms with van der Waals surface area (Å²) in [5, 5.41) is 4.30. The van der Waals surface area contributed by atoms with E-state index in [1.54, 1.807) is 6.92 Å². The Morgan fingerprint density at radius 3 is 2.63 bits per heavy atom. The molecule has 7 heteroatoms. The van der Waals surface area contributed by atoms with E-state index in [1.165, 1.54) is 17.5 Å². The second-order valence-electron chi connectivity index (χ2n) is 4.63. The van der Waals surface area contributed by atoms with Gasteiger partial charge in [-0.2, -0.15) is 4.98 Å². The molecule has 1 aliphatic rings. The van der Waals surface area contributed by atoms with Crippen LogP contribution in [0, 0.1) is 0 Å². The van der Waals surface area contributed by atoms with Crippen molar-refractivity contribution in [1.82, 2.24) is 14.8 Å². The molecule has 1 fully saturated rings. The summed E-state index contributed by atoms with van der Waals surface area (Å²) in [6.45, 7) is 4.03. The highest BCUT2D eigenvalue weighted by atomic mass is 16.5. The van der Waals surface area contributed by atoms with Crippen molar-refractivity contribution in [2.45, 2.75) is 39.2 Å². The Morgan fingerprint density at radius 2 is 2.00 bits per heavy atom. The minimum absolute atomic E-state index is 0.0144. The van der Waals surface area contributed by atoms with E-state index in [4.69, 9.17) is 10.5 Å². The average molecular weight is 267 g/mol. The maximum Gasteiger partial charge on any atom is 0.327 e. The largest absolute Gasteiger partial charge is 0.465 e. The van der Waals surface area contributed by atoms with Gasteiger partial charge in [-0.05, 0) is 19.8 Å². The van der Waals surface area contributed by atoms with Crippen molar-refractivity contribution < 1.29 is 9.53 Å². The standard InChI is InChI=1S/C12H21N5O2/c1-2-19-10(18)9-17-11(13)14-12(15-17)16-7-5-3-4-6-8-16/h2-9H2,1H3,(H2,13,14,15). The maximum absolute atomic E-state index is 11.4. The molecule has 2 heterocycles. The van der Waals surface area contributed by atoms with Crippen LogP contribution in [0.25, 0.3) is 0 Å². The van der Waals surface area contributed by atoms with Gasteiger partial charge in [-0.3, -0.25) is 4.79 Å². The lowest BCUT2D eigenvalue weighted by atomic mass is 10.2. The first-order chi connectivity index (χ1) is 9.20. The van der Waals surface area contributed by atoms with Crippen molar-refractivity contribution in [2.24, 2.45) is 0 Å². The number of esters is 1. The molecule has 0 aromatic carbocycles. The van der Waals surface area contributed by atoms with Crippen LogP contribution in [0.3, 0.4) is 0 Å². The number of nitrogens with two attached hydrogens (primary N) is 1. The first-order valence-electron chi connectivity index (χ1n) is 6.81. The summed E-state index contributed by atoms with van der Waals surface area (Å²) in [7, 11) is 0. The zero-order chi connectivity index (χ0) is 13.7. The van der Waals surface area contributed by atoms with E-state index in [0.29, 0.717) is 12.6 Å². The number of hydrogen-bond acceptors (Lipinski definition) is 6. The van der Waals surface area contributed by atoms with E-state index in [1.807, 2.05) is 0 Å². The second kappa shape index (κ2) is 6.40. The highest BCUT2D eigenvalue weighted by molar-refractivity contribution is 5.69. The van der Waals surface area contributed by atoms with E-state index in [9.17, 15) is 4.79 Å². The van der Waals surface area contributed by atoms with E-state index >= 15 is 0 Å². The Morgan fingerprint density at radius 1 is 1.32 bits per heavy atom. The van der Waals surface area contributed by atoms with Crippen molar-refractivity contribution in [1.29, 1.82) is 0 Å². The first-order valence-corrected chi connectivity index (χ1v) is 6.81. The molecule has 0 bridgehead atoms. The highest BCUT2D eigenvalue weighted by Crippen LogP contribution is 2.17. The SMILES string of the molecule is CCOC(=O)Cn1nc(N2CCCCCC2)nc1N. The summed E-state index contributed by atoms with van der Waals surface area (Å²) in [4.78, 5) is 17.8. The van der Waals surface area contributed by atoms with Crippen molar-refractivity contribution in [3.05, 3.63) is 0 Å². The molecular formula is C12H21N5O2. The lowest BCUT2D eigenvalue weighted by Gasteiger charge is -2.17. The Kier molecular flexibility index (Phi) is 4.59. The van der Waals surface area contributed by atoms with Gasteiger partial charge in [-0.1, -0.05) is 12.8 Å². The molecule has 1 saturated heterocycles. The van der Waals surface area contributed by atoms with Crippen LogP contribution in [0.1, 0.15) is 32.6 Å². The van der Waals surface area contributed by atoms with Crippen molar-refractivity contribution in [2.75, 3.05) is 30.3 Å². The third kappa shape index (κ3) is 3.59. The van der Waals surface area contributed by atoms with E-state index in [-0.39, 0.29) is 18.5 Å². The molecule has 0 saturated carbocycles. The fourth-order valence-electron chi connectivity index (χ4n) is 2.19. The van der Waals surface area contributed by atoms with Crippen molar-refractivity contribution in [3.63, 3.8) is 0 Å². The summed E-state index contributed by atoms with van der Waals surface area (Å²) in [5.74, 6) is 0.525. The molecule has 0 unspecified atom stereocenters. The van der Waals surface area contributed by atoms with Gasteiger partial charge in [0.15, 0.2) is 0 Å². The Labute approximate surface area is 112 Å². The second-order valence-corrected chi connectivity index (χ2v) is 4.63. The Balaban J connectivity index is 2.04. The number of ether oxygens (including phenoxy) is 1. The van der Waals surface area contributed by atoms with Gasteiger partial charge in [0, 0.05) is 13.1 Å². The van der Waals surface area contributed by atoms with Crippen LogP contribution in [0.15, 0.2) is 0 Å². The van der Waals surface area contributed by atoms with Crippen LogP contribution in [-0.2, 0) is 16.1 Å². The average Bonchev–Trinajstić information content (AvgIpc) is 2.61. The van der Waals surface area contributed by atoms with Crippen LogP contribution in [-0.4, -0.2) is 40.4 Å². The molecular weight excluding hydrogens is 246 g/mol. The van der Waals surface area contributed by atoms with Crippen LogP contribution < -0.4 is 10.6 Å². The van der Waals surface area contributed by atoms with Gasteiger partial charge in [0.25, 0.3) is 0 Å². The van der Waals surface area contributed by atoms with E-state index < -0.39 is 0 Å². The van der Waals surface area contributed by atoms with Gasteiger partial charge in [-0.25, -0.2) is 4.68 Å². The van der Waals surface area contributed by atoms with Crippen molar-refractivity contribution in [3.8, 4) is 0 Å². The third-order valence-corrected chi connectivity index (χ3v) is 3.16. The number of nitrogen functional groups attached to an aromatic ring is 1. The molecule has 2 rings (SSSR count). The fraction of sp³-hybridized carbons (Fsp3) is 0.750. The monoisotopic (exact) mass is 267 g/mol. The van der Waals surface area contributed by atoms with Crippen molar-refractivity contribution >= 4 is 17.9 Å². The molecule has 2 N–H and O–H groups in total. The molecule has 1 aliphatic heterocycles. The molecule has 0 amide bonds. The van der Waals surface area contributed by atoms with Crippen LogP contribution in [0.4, 0.5) is 11.9 Å². The summed E-state index contributed by atoms with van der Waals surface area (Å²) in [6.07, 6.45) is 4.78. The Bertz CT molecular complexity index is 424. The van der Waals surface area contributed by atoms with Crippen LogP contribution in [0.2, 0.25) is 0 Å². The fourth-order valence-corrected chi connectivity index (χ4v) is 2.19. The topological polar surface area (TPSA) is 86.3 Å². The molecule has 106 valence electrons. The summed E-state index contributed by atoms with van der Waals surface area (Å²) >= 11 is 0. The van der Waals surface area contributed by atoms with Gasteiger partial charge < -0.3 is 15.4 Å². The normalized spacial score (nSPS) is 16.2. The first kappa shape index (κ1) is 13.6. The van der Waals surface area contributed by atoms with Gasteiger partial charge in [0.1, 0.15) is 6.54 Å². The van der Waals surface area contributed by atoms with Gasteiger partial charge in [-0.15, -0.1) is 5.10 Å². The zero-order valence-electron chi connectivity index (χ0n) is 11.3. The quantitative estimate of drug-likeness (QED) is 0.812. The smallest absolute Gasteiger partial charge is 0.327 e. The lowest BCUT2D eigenvalue weighted by molar-refractivity contribution is -0.144. The Hall–Kier alpha value is -1.79. The molecule has 0 aliphatic carbocycles. The molecule has 19 heavy (non-hydrogen) atoms. The number of rotatable bonds is 4. The maximum atomic E-state index is 11.4. The zero-order valence-corrected chi connectivity index (χ0v) is 11.3. The predicted molar refractivity (Wildman–Crippen MR) is 71.7 cm³/mol. The molecule has 0 radical (unpaired) electrons. The number of carbonyl (C=O) groups excluding carboxylic acids is 1. The minimum atomic E-state index is -0.346. The lowest BCUT2D eigenvalue weighted by Crippen LogP contribution is -2.25. The molecule has 7 nitrogen and oxygen atoms in total. The minimum Gasteiger partial charge on any atom is -0.465 e. The van der Waals surface area contributed by atoms with Gasteiger partial charge >= 0.3 is 5.97 Å². The molecule has 1 aromatic rings. The highest BCUT2D eigenvalue weighted by Gasteiger charge is 2.17. The third-order valence-electron chi connectivity index (χ3n) is 3.16. The van der Waals surface area contributed by atoms with E-state index in [2.05, 4.69) is 15.0 Å². The molecule has 1 aromatic heterocycles. The van der Waals surface area contributed by atoms with Gasteiger partial charge in [0.2, 0.25) is 11.9 Å². The van der Waals surface area contributed by atoms with Crippen LogP contribution >= 0.6 is 0 Å². The van der Waals surface area contributed by atoms with Crippen LogP contribution in [0.5, 0.6) is 0 Å².